The number of hydrogen-bond donors (Lipinski definition) is 2. The SMILES string of the molecule is COCCC1(CNc2ncccc2N)CC1. The molecule has 0 radical (unpaired) electrons. The molecule has 0 aliphatic heterocycles. The van der Waals surface area contributed by atoms with Crippen molar-refractivity contribution in [3.63, 3.8) is 0 Å². The van der Waals surface area contributed by atoms with Crippen LogP contribution < -0.4 is 11.1 Å². The van der Waals surface area contributed by atoms with Gasteiger partial charge in [-0.1, -0.05) is 0 Å². The predicted molar refractivity (Wildman–Crippen MR) is 65.3 cm³/mol. The Morgan fingerprint density at radius 1 is 1.56 bits per heavy atom. The van der Waals surface area contributed by atoms with E-state index in [1.54, 1.807) is 13.3 Å². The molecule has 3 N–H and O–H groups in total. The standard InChI is InChI=1S/C12H19N3O/c1-16-8-6-12(4-5-12)9-15-11-10(13)3-2-7-14-11/h2-3,7H,4-6,8-9,13H2,1H3,(H,14,15). The molecule has 1 aliphatic carbocycles. The average molecular weight is 221 g/mol. The monoisotopic (exact) mass is 221 g/mol. The number of nitrogen functional groups attached to an aromatic ring is 1. The van der Waals surface area contributed by atoms with E-state index < -0.39 is 0 Å². The van der Waals surface area contributed by atoms with Gasteiger partial charge in [0.25, 0.3) is 0 Å². The summed E-state index contributed by atoms with van der Waals surface area (Å²) >= 11 is 0. The van der Waals surface area contributed by atoms with Crippen LogP contribution in [-0.2, 0) is 4.74 Å². The molecule has 88 valence electrons. The van der Waals surface area contributed by atoms with E-state index in [9.17, 15) is 0 Å². The predicted octanol–water partition coefficient (Wildman–Crippen LogP) is 1.89. The van der Waals surface area contributed by atoms with Gasteiger partial charge in [0.05, 0.1) is 5.69 Å². The molecular formula is C12H19N3O. The molecule has 0 unspecified atom stereocenters. The second-order valence-corrected chi connectivity index (χ2v) is 4.54. The van der Waals surface area contributed by atoms with Gasteiger partial charge in [0.15, 0.2) is 0 Å². The van der Waals surface area contributed by atoms with Crippen molar-refractivity contribution in [1.82, 2.24) is 4.98 Å². The Labute approximate surface area is 96.2 Å². The van der Waals surface area contributed by atoms with Crippen LogP contribution >= 0.6 is 0 Å². The summed E-state index contributed by atoms with van der Waals surface area (Å²) in [5, 5.41) is 3.33. The Kier molecular flexibility index (Phi) is 3.29. The van der Waals surface area contributed by atoms with E-state index >= 15 is 0 Å². The van der Waals surface area contributed by atoms with Crippen molar-refractivity contribution in [2.75, 3.05) is 31.3 Å². The van der Waals surface area contributed by atoms with Crippen LogP contribution in [0.25, 0.3) is 0 Å². The molecule has 1 aliphatic rings. The number of ether oxygens (including phenoxy) is 1. The molecule has 2 rings (SSSR count). The molecule has 0 amide bonds. The van der Waals surface area contributed by atoms with Gasteiger partial charge in [-0.2, -0.15) is 0 Å². The van der Waals surface area contributed by atoms with Gasteiger partial charge in [0.1, 0.15) is 5.82 Å². The highest BCUT2D eigenvalue weighted by atomic mass is 16.5. The summed E-state index contributed by atoms with van der Waals surface area (Å²) in [5.74, 6) is 0.797. The van der Waals surface area contributed by atoms with Crippen LogP contribution in [0.2, 0.25) is 0 Å². The van der Waals surface area contributed by atoms with Crippen LogP contribution in [0.5, 0.6) is 0 Å². The summed E-state index contributed by atoms with van der Waals surface area (Å²) in [5.41, 5.74) is 6.95. The van der Waals surface area contributed by atoms with Crippen molar-refractivity contribution in [1.29, 1.82) is 0 Å². The molecule has 0 bridgehead atoms. The minimum Gasteiger partial charge on any atom is -0.396 e. The zero-order valence-corrected chi connectivity index (χ0v) is 9.70. The fourth-order valence-corrected chi connectivity index (χ4v) is 1.85. The van der Waals surface area contributed by atoms with Crippen molar-refractivity contribution in [2.24, 2.45) is 5.41 Å². The minimum absolute atomic E-state index is 0.417. The first-order valence-corrected chi connectivity index (χ1v) is 5.69. The van der Waals surface area contributed by atoms with Crippen LogP contribution in [-0.4, -0.2) is 25.2 Å². The highest BCUT2D eigenvalue weighted by Gasteiger charge is 2.41. The van der Waals surface area contributed by atoms with E-state index in [1.165, 1.54) is 12.8 Å². The lowest BCUT2D eigenvalue weighted by Crippen LogP contribution is -2.18. The van der Waals surface area contributed by atoms with Gasteiger partial charge in [-0.15, -0.1) is 0 Å². The molecule has 4 heteroatoms. The first-order chi connectivity index (χ1) is 7.76. The molecule has 1 aromatic rings. The smallest absolute Gasteiger partial charge is 0.149 e. The molecule has 4 nitrogen and oxygen atoms in total. The largest absolute Gasteiger partial charge is 0.396 e. The topological polar surface area (TPSA) is 60.2 Å². The lowest BCUT2D eigenvalue weighted by molar-refractivity contribution is 0.175. The lowest BCUT2D eigenvalue weighted by atomic mass is 10.0. The summed E-state index contributed by atoms with van der Waals surface area (Å²) in [7, 11) is 1.75. The lowest BCUT2D eigenvalue weighted by Gasteiger charge is -2.16. The maximum Gasteiger partial charge on any atom is 0.149 e. The summed E-state index contributed by atoms with van der Waals surface area (Å²) in [6.45, 7) is 1.77. The Bertz CT molecular complexity index is 350. The minimum atomic E-state index is 0.417. The van der Waals surface area contributed by atoms with Crippen molar-refractivity contribution in [3.05, 3.63) is 18.3 Å². The summed E-state index contributed by atoms with van der Waals surface area (Å²) in [4.78, 5) is 4.22. The van der Waals surface area contributed by atoms with E-state index in [4.69, 9.17) is 10.5 Å². The van der Waals surface area contributed by atoms with E-state index in [0.717, 1.165) is 25.4 Å². The van der Waals surface area contributed by atoms with Gasteiger partial charge in [-0.3, -0.25) is 0 Å². The quantitative estimate of drug-likeness (QED) is 0.770. The molecule has 0 saturated heterocycles. The zero-order valence-electron chi connectivity index (χ0n) is 9.70. The maximum absolute atomic E-state index is 5.82. The average Bonchev–Trinajstić information content (AvgIpc) is 3.06. The van der Waals surface area contributed by atoms with Crippen LogP contribution in [0, 0.1) is 5.41 Å². The van der Waals surface area contributed by atoms with Gasteiger partial charge in [-0.25, -0.2) is 4.98 Å². The fourth-order valence-electron chi connectivity index (χ4n) is 1.85. The van der Waals surface area contributed by atoms with Crippen LogP contribution in [0.3, 0.4) is 0 Å². The number of nitrogens with one attached hydrogen (secondary N) is 1. The van der Waals surface area contributed by atoms with E-state index in [-0.39, 0.29) is 0 Å². The molecule has 0 atom stereocenters. The highest BCUT2D eigenvalue weighted by Crippen LogP contribution is 2.48. The van der Waals surface area contributed by atoms with Gasteiger partial charge in [0.2, 0.25) is 0 Å². The maximum atomic E-state index is 5.82. The normalized spacial score (nSPS) is 17.1. The second kappa shape index (κ2) is 4.70. The van der Waals surface area contributed by atoms with Crippen molar-refractivity contribution in [3.8, 4) is 0 Å². The van der Waals surface area contributed by atoms with Crippen molar-refractivity contribution >= 4 is 11.5 Å². The van der Waals surface area contributed by atoms with Crippen LogP contribution in [0.15, 0.2) is 18.3 Å². The third-order valence-corrected chi connectivity index (χ3v) is 3.26. The number of rotatable bonds is 6. The number of hydrogen-bond acceptors (Lipinski definition) is 4. The van der Waals surface area contributed by atoms with E-state index in [0.29, 0.717) is 11.1 Å². The van der Waals surface area contributed by atoms with E-state index in [2.05, 4.69) is 10.3 Å². The van der Waals surface area contributed by atoms with Gasteiger partial charge < -0.3 is 15.8 Å². The third kappa shape index (κ3) is 2.64. The molecule has 0 aromatic carbocycles. The van der Waals surface area contributed by atoms with Crippen LogP contribution in [0.1, 0.15) is 19.3 Å². The summed E-state index contributed by atoms with van der Waals surface area (Å²) in [6.07, 6.45) is 5.42. The number of nitrogens with two attached hydrogens (primary N) is 1. The number of aromatic nitrogens is 1. The Morgan fingerprint density at radius 3 is 3.00 bits per heavy atom. The molecule has 0 spiro atoms. The Hall–Kier alpha value is -1.29. The highest BCUT2D eigenvalue weighted by molar-refractivity contribution is 5.60. The first kappa shape index (κ1) is 11.2. The molecule has 16 heavy (non-hydrogen) atoms. The van der Waals surface area contributed by atoms with Crippen molar-refractivity contribution in [2.45, 2.75) is 19.3 Å². The number of anilines is 2. The van der Waals surface area contributed by atoms with Gasteiger partial charge >= 0.3 is 0 Å². The second-order valence-electron chi connectivity index (χ2n) is 4.54. The van der Waals surface area contributed by atoms with Crippen molar-refractivity contribution < 1.29 is 4.74 Å². The fraction of sp³-hybridized carbons (Fsp3) is 0.583. The number of methoxy groups -OCH3 is 1. The summed E-state index contributed by atoms with van der Waals surface area (Å²) < 4.78 is 5.13. The Balaban J connectivity index is 1.85. The Morgan fingerprint density at radius 2 is 2.38 bits per heavy atom. The summed E-state index contributed by atoms with van der Waals surface area (Å²) in [6, 6.07) is 3.71. The first-order valence-electron chi connectivity index (χ1n) is 5.69. The molecule has 1 heterocycles. The van der Waals surface area contributed by atoms with Gasteiger partial charge in [-0.05, 0) is 36.8 Å². The molecule has 1 aromatic heterocycles. The third-order valence-electron chi connectivity index (χ3n) is 3.26. The molecule has 1 saturated carbocycles. The zero-order chi connectivity index (χ0) is 11.4. The van der Waals surface area contributed by atoms with E-state index in [1.807, 2.05) is 12.1 Å². The molecule has 1 fully saturated rings. The number of nitrogens with zero attached hydrogens (tertiary/aromatic N) is 1. The van der Waals surface area contributed by atoms with Gasteiger partial charge in [0, 0.05) is 26.5 Å². The molecular weight excluding hydrogens is 202 g/mol. The number of pyridine rings is 1. The van der Waals surface area contributed by atoms with Crippen LogP contribution in [0.4, 0.5) is 11.5 Å².